The highest BCUT2D eigenvalue weighted by Gasteiger charge is 2.27. The Kier molecular flexibility index (Phi) is 6.39. The van der Waals surface area contributed by atoms with Crippen LogP contribution in [0.5, 0.6) is 0 Å². The number of ether oxygens (including phenoxy) is 2. The fourth-order valence-corrected chi connectivity index (χ4v) is 4.45. The van der Waals surface area contributed by atoms with E-state index in [9.17, 15) is 9.18 Å². The largest absolute Gasteiger partial charge is 0.461 e. The lowest BCUT2D eigenvalue weighted by Gasteiger charge is -2.25. The molecular formula is C23H29FN4O3S. The molecule has 0 fully saturated rings. The second-order valence-electron chi connectivity index (χ2n) is 8.62. The Bertz CT molecular complexity index is 1140. The van der Waals surface area contributed by atoms with Crippen molar-refractivity contribution in [2.45, 2.75) is 20.1 Å². The quantitative estimate of drug-likeness (QED) is 0.372. The molecule has 0 saturated heterocycles. The summed E-state index contributed by atoms with van der Waals surface area (Å²) in [5.74, 6) is 0.960. The van der Waals surface area contributed by atoms with Crippen LogP contribution < -0.4 is 4.90 Å². The number of carbonyl (C=O) groups is 1. The van der Waals surface area contributed by atoms with Crippen molar-refractivity contribution in [1.29, 1.82) is 0 Å². The molecule has 4 rings (SSSR count). The fraction of sp³-hybridized carbons (Fsp3) is 0.435. The average molecular weight is 461 g/mol. The molecule has 0 N–H and O–H groups in total. The number of hydrogen-bond donors (Lipinski definition) is 0. The van der Waals surface area contributed by atoms with E-state index in [1.165, 1.54) is 12.4 Å². The van der Waals surface area contributed by atoms with E-state index in [1.807, 2.05) is 4.90 Å². The molecule has 0 aliphatic carbocycles. The van der Waals surface area contributed by atoms with Crippen LogP contribution in [0.4, 0.5) is 15.9 Å². The van der Waals surface area contributed by atoms with E-state index >= 15 is 0 Å². The third-order valence-corrected chi connectivity index (χ3v) is 6.79. The van der Waals surface area contributed by atoms with Crippen molar-refractivity contribution in [3.8, 4) is 0 Å². The maximum absolute atomic E-state index is 13.7. The summed E-state index contributed by atoms with van der Waals surface area (Å²) < 4.78 is 26.8. The van der Waals surface area contributed by atoms with Gasteiger partial charge in [0, 0.05) is 18.0 Å². The SMILES string of the molecule is CCOC(=O)c1cc2ncnc(N3CCc4cc(F)ccc43)c2n1COCCS(C)(C)C. The minimum Gasteiger partial charge on any atom is -0.461 e. The van der Waals surface area contributed by atoms with Gasteiger partial charge in [0.25, 0.3) is 0 Å². The molecule has 0 atom stereocenters. The Hall–Kier alpha value is -2.65. The van der Waals surface area contributed by atoms with Crippen LogP contribution in [0, 0.1) is 5.82 Å². The second-order valence-corrected chi connectivity index (χ2v) is 13.2. The van der Waals surface area contributed by atoms with Gasteiger partial charge in [0.05, 0.1) is 18.7 Å². The number of nitrogens with zero attached hydrogens (tertiary/aromatic N) is 4. The lowest BCUT2D eigenvalue weighted by Crippen LogP contribution is -2.19. The van der Waals surface area contributed by atoms with Gasteiger partial charge >= 0.3 is 5.97 Å². The van der Waals surface area contributed by atoms with Crippen LogP contribution in [0.1, 0.15) is 23.0 Å². The van der Waals surface area contributed by atoms with Gasteiger partial charge in [-0.2, -0.15) is 0 Å². The predicted octanol–water partition coefficient (Wildman–Crippen LogP) is 4.11. The summed E-state index contributed by atoms with van der Waals surface area (Å²) in [6.07, 6.45) is 8.93. The fourth-order valence-electron chi connectivity index (χ4n) is 3.84. The number of anilines is 2. The number of esters is 1. The van der Waals surface area contributed by atoms with Gasteiger partial charge in [-0.25, -0.2) is 29.2 Å². The summed E-state index contributed by atoms with van der Waals surface area (Å²) in [5, 5.41) is 0. The smallest absolute Gasteiger partial charge is 0.355 e. The van der Waals surface area contributed by atoms with Gasteiger partial charge in [0.15, 0.2) is 5.82 Å². The average Bonchev–Trinajstić information content (AvgIpc) is 3.31. The summed E-state index contributed by atoms with van der Waals surface area (Å²) in [5.41, 5.74) is 3.57. The lowest BCUT2D eigenvalue weighted by atomic mass is 10.2. The van der Waals surface area contributed by atoms with Gasteiger partial charge in [-0.15, -0.1) is 0 Å². The van der Waals surface area contributed by atoms with E-state index in [-0.39, 0.29) is 19.2 Å². The first kappa shape index (κ1) is 22.5. The molecule has 1 aromatic carbocycles. The number of halogens is 1. The van der Waals surface area contributed by atoms with E-state index in [0.717, 1.165) is 23.4 Å². The second kappa shape index (κ2) is 9.07. The first-order chi connectivity index (χ1) is 15.3. The van der Waals surface area contributed by atoms with Crippen molar-refractivity contribution in [3.05, 3.63) is 47.7 Å². The highest BCUT2D eigenvalue weighted by Crippen LogP contribution is 2.38. The summed E-state index contributed by atoms with van der Waals surface area (Å²) >= 11 is 0. The van der Waals surface area contributed by atoms with Crippen LogP contribution in [-0.4, -0.2) is 64.8 Å². The van der Waals surface area contributed by atoms with Crippen LogP contribution in [0.15, 0.2) is 30.6 Å². The van der Waals surface area contributed by atoms with Crippen LogP contribution in [0.25, 0.3) is 11.0 Å². The Morgan fingerprint density at radius 2 is 2.03 bits per heavy atom. The molecule has 0 radical (unpaired) electrons. The van der Waals surface area contributed by atoms with E-state index in [1.54, 1.807) is 29.7 Å². The molecule has 172 valence electrons. The van der Waals surface area contributed by atoms with E-state index in [0.29, 0.717) is 35.7 Å². The maximum atomic E-state index is 13.7. The number of aromatic nitrogens is 3. The Balaban J connectivity index is 1.75. The van der Waals surface area contributed by atoms with Crippen molar-refractivity contribution < 1.29 is 18.7 Å². The summed E-state index contributed by atoms with van der Waals surface area (Å²) in [6, 6.07) is 6.51. The maximum Gasteiger partial charge on any atom is 0.355 e. The number of benzene rings is 1. The first-order valence-electron chi connectivity index (χ1n) is 10.6. The van der Waals surface area contributed by atoms with Crippen LogP contribution in [-0.2, 0) is 22.6 Å². The topological polar surface area (TPSA) is 69.5 Å². The van der Waals surface area contributed by atoms with Gasteiger partial charge in [0.2, 0.25) is 0 Å². The third-order valence-electron chi connectivity index (χ3n) is 5.40. The van der Waals surface area contributed by atoms with E-state index in [4.69, 9.17) is 9.47 Å². The van der Waals surface area contributed by atoms with Crippen molar-refractivity contribution in [3.63, 3.8) is 0 Å². The van der Waals surface area contributed by atoms with E-state index < -0.39 is 16.0 Å². The molecule has 0 amide bonds. The summed E-state index contributed by atoms with van der Waals surface area (Å²) in [4.78, 5) is 23.7. The monoisotopic (exact) mass is 460 g/mol. The van der Waals surface area contributed by atoms with Crippen molar-refractivity contribution in [1.82, 2.24) is 14.5 Å². The molecule has 7 nitrogen and oxygen atoms in total. The Morgan fingerprint density at radius 1 is 1.22 bits per heavy atom. The predicted molar refractivity (Wildman–Crippen MR) is 127 cm³/mol. The zero-order valence-electron chi connectivity index (χ0n) is 18.9. The zero-order chi connectivity index (χ0) is 22.9. The van der Waals surface area contributed by atoms with Crippen LogP contribution in [0.3, 0.4) is 0 Å². The van der Waals surface area contributed by atoms with Gasteiger partial charge in [0.1, 0.15) is 30.1 Å². The van der Waals surface area contributed by atoms with Crippen molar-refractivity contribution >= 4 is 38.5 Å². The zero-order valence-corrected chi connectivity index (χ0v) is 19.7. The van der Waals surface area contributed by atoms with E-state index in [2.05, 4.69) is 28.7 Å². The number of carbonyl (C=O) groups excluding carboxylic acids is 1. The molecule has 3 heterocycles. The van der Waals surface area contributed by atoms with Crippen LogP contribution in [0.2, 0.25) is 0 Å². The summed E-state index contributed by atoms with van der Waals surface area (Å²) in [7, 11) is -0.690. The molecule has 0 saturated carbocycles. The molecule has 0 bridgehead atoms. The minimum absolute atomic E-state index is 0.192. The molecular weight excluding hydrogens is 431 g/mol. The molecule has 9 heteroatoms. The van der Waals surface area contributed by atoms with Crippen molar-refractivity contribution in [2.75, 3.05) is 49.2 Å². The molecule has 2 aromatic heterocycles. The molecule has 1 aliphatic heterocycles. The molecule has 1 aliphatic rings. The molecule has 3 aromatic rings. The minimum atomic E-state index is -0.690. The number of fused-ring (bicyclic) bond motifs is 2. The van der Waals surface area contributed by atoms with Gasteiger partial charge < -0.3 is 18.9 Å². The molecule has 0 unspecified atom stereocenters. The van der Waals surface area contributed by atoms with Gasteiger partial charge in [-0.1, -0.05) is 0 Å². The highest BCUT2D eigenvalue weighted by atomic mass is 32.3. The standard InChI is InChI=1S/C23H29FN4O3S/c1-5-31-23(29)20-13-18-21(28(20)15-30-10-11-32(2,3)4)22(26-14-25-18)27-9-8-16-12-17(24)6-7-19(16)27/h6-7,12-14H,5,8-11,15H2,1-4H3. The Labute approximate surface area is 188 Å². The molecule has 32 heavy (non-hydrogen) atoms. The van der Waals surface area contributed by atoms with Gasteiger partial charge in [-0.05, 0) is 61.9 Å². The Morgan fingerprint density at radius 3 is 2.78 bits per heavy atom. The van der Waals surface area contributed by atoms with Crippen molar-refractivity contribution in [2.24, 2.45) is 0 Å². The summed E-state index contributed by atoms with van der Waals surface area (Å²) in [6.45, 7) is 3.50. The van der Waals surface area contributed by atoms with Gasteiger partial charge in [-0.3, -0.25) is 0 Å². The molecule has 0 spiro atoms. The normalized spacial score (nSPS) is 14.1. The number of hydrogen-bond acceptors (Lipinski definition) is 6. The third kappa shape index (κ3) is 4.59. The number of rotatable bonds is 8. The highest BCUT2D eigenvalue weighted by molar-refractivity contribution is 8.32. The van der Waals surface area contributed by atoms with Crippen LogP contribution >= 0.6 is 10.0 Å². The lowest BCUT2D eigenvalue weighted by molar-refractivity contribution is 0.0479. The first-order valence-corrected chi connectivity index (χ1v) is 13.6.